The Bertz CT molecular complexity index is 1010. The maximum Gasteiger partial charge on any atom is 0.231 e. The number of hydrogen-bond acceptors (Lipinski definition) is 5. The van der Waals surface area contributed by atoms with Gasteiger partial charge in [-0.15, -0.1) is 11.3 Å². The van der Waals surface area contributed by atoms with E-state index in [0.717, 1.165) is 27.3 Å². The first-order valence-corrected chi connectivity index (χ1v) is 9.33. The molecule has 0 fully saturated rings. The lowest BCUT2D eigenvalue weighted by Crippen LogP contribution is -2.17. The molecule has 0 aliphatic rings. The molecule has 4 aromatic rings. The van der Waals surface area contributed by atoms with Gasteiger partial charge in [-0.3, -0.25) is 0 Å². The van der Waals surface area contributed by atoms with Crippen LogP contribution in [0, 0.1) is 0 Å². The van der Waals surface area contributed by atoms with E-state index in [-0.39, 0.29) is 6.04 Å². The summed E-state index contributed by atoms with van der Waals surface area (Å²) in [5.41, 5.74) is 8.22. The first kappa shape index (κ1) is 16.7. The summed E-state index contributed by atoms with van der Waals surface area (Å²) in [6.07, 6.45) is 2.40. The van der Waals surface area contributed by atoms with Gasteiger partial charge in [-0.2, -0.15) is 0 Å². The van der Waals surface area contributed by atoms with E-state index in [0.29, 0.717) is 5.88 Å². The van der Waals surface area contributed by atoms with Crippen LogP contribution in [0.5, 0.6) is 11.6 Å². The summed E-state index contributed by atoms with van der Waals surface area (Å²) < 4.78 is 6.03. The Kier molecular flexibility index (Phi) is 4.65. The third-order valence-electron chi connectivity index (χ3n) is 4.05. The smallest absolute Gasteiger partial charge is 0.231 e. The highest BCUT2D eigenvalue weighted by Crippen LogP contribution is 2.37. The van der Waals surface area contributed by atoms with Gasteiger partial charge in [0.05, 0.1) is 5.39 Å². The zero-order chi connectivity index (χ0) is 17.9. The largest absolute Gasteiger partial charge is 0.438 e. The molecule has 0 bridgehead atoms. The zero-order valence-electron chi connectivity index (χ0n) is 14.4. The normalized spacial score (nSPS) is 12.2. The third-order valence-corrected chi connectivity index (χ3v) is 5.14. The first-order chi connectivity index (χ1) is 12.7. The van der Waals surface area contributed by atoms with Crippen LogP contribution in [0.15, 0.2) is 67.0 Å². The van der Waals surface area contributed by atoms with Gasteiger partial charge in [0, 0.05) is 10.9 Å². The molecular formula is C21H19N3OS. The number of thiophene rings is 1. The topological polar surface area (TPSA) is 61.0 Å². The summed E-state index contributed by atoms with van der Waals surface area (Å²) in [6, 6.07) is 20.5. The number of ether oxygens (including phenoxy) is 1. The highest BCUT2D eigenvalue weighted by molar-refractivity contribution is 7.21. The molecule has 0 saturated heterocycles. The molecule has 2 N–H and O–H groups in total. The van der Waals surface area contributed by atoms with Crippen LogP contribution in [0.25, 0.3) is 20.7 Å². The lowest BCUT2D eigenvalue weighted by molar-refractivity contribution is 0.468. The van der Waals surface area contributed by atoms with E-state index in [1.807, 2.05) is 49.4 Å². The van der Waals surface area contributed by atoms with Crippen molar-refractivity contribution in [2.24, 2.45) is 5.73 Å². The molecule has 4 rings (SSSR count). The summed E-state index contributed by atoms with van der Waals surface area (Å²) in [4.78, 5) is 10.8. The van der Waals surface area contributed by atoms with Crippen molar-refractivity contribution in [3.8, 4) is 22.1 Å². The Morgan fingerprint density at radius 3 is 2.54 bits per heavy atom. The number of nitrogens with two attached hydrogens (primary N) is 1. The number of fused-ring (bicyclic) bond motifs is 1. The Morgan fingerprint density at radius 1 is 1.04 bits per heavy atom. The maximum atomic E-state index is 6.03. The number of hydrogen-bond donors (Lipinski definition) is 1. The Balaban J connectivity index is 1.63. The van der Waals surface area contributed by atoms with Crippen molar-refractivity contribution in [1.82, 2.24) is 9.97 Å². The van der Waals surface area contributed by atoms with Gasteiger partial charge in [0.25, 0.3) is 0 Å². The summed E-state index contributed by atoms with van der Waals surface area (Å²) in [5, 5.41) is 0.927. The van der Waals surface area contributed by atoms with Crippen molar-refractivity contribution in [2.45, 2.75) is 19.4 Å². The summed E-state index contributed by atoms with van der Waals surface area (Å²) >= 11 is 1.64. The molecule has 0 saturated carbocycles. The molecule has 2 aromatic heterocycles. The summed E-state index contributed by atoms with van der Waals surface area (Å²) in [7, 11) is 0. The predicted octanol–water partition coefficient (Wildman–Crippen LogP) is 5.04. The number of nitrogens with zero attached hydrogens (tertiary/aromatic N) is 2. The predicted molar refractivity (Wildman–Crippen MR) is 107 cm³/mol. The fourth-order valence-electron chi connectivity index (χ4n) is 2.84. The van der Waals surface area contributed by atoms with Crippen LogP contribution in [0.1, 0.15) is 12.5 Å². The van der Waals surface area contributed by atoms with Crippen LogP contribution in [0.3, 0.4) is 0 Å². The van der Waals surface area contributed by atoms with Crippen molar-refractivity contribution < 1.29 is 4.74 Å². The molecule has 2 aromatic carbocycles. The molecule has 0 aliphatic heterocycles. The minimum absolute atomic E-state index is 0.144. The van der Waals surface area contributed by atoms with Crippen molar-refractivity contribution in [2.75, 3.05) is 0 Å². The Labute approximate surface area is 156 Å². The van der Waals surface area contributed by atoms with Gasteiger partial charge < -0.3 is 10.5 Å². The summed E-state index contributed by atoms with van der Waals surface area (Å²) in [6.45, 7) is 2.00. The second-order valence-corrected chi connectivity index (χ2v) is 7.33. The van der Waals surface area contributed by atoms with E-state index in [9.17, 15) is 0 Å². The first-order valence-electron chi connectivity index (χ1n) is 8.51. The number of rotatable bonds is 5. The Morgan fingerprint density at radius 2 is 1.81 bits per heavy atom. The number of benzene rings is 2. The van der Waals surface area contributed by atoms with E-state index >= 15 is 0 Å². The zero-order valence-corrected chi connectivity index (χ0v) is 15.2. The van der Waals surface area contributed by atoms with Crippen LogP contribution in [0.4, 0.5) is 0 Å². The molecular weight excluding hydrogens is 342 g/mol. The van der Waals surface area contributed by atoms with E-state index < -0.39 is 0 Å². The van der Waals surface area contributed by atoms with Gasteiger partial charge in [-0.1, -0.05) is 42.5 Å². The van der Waals surface area contributed by atoms with E-state index in [4.69, 9.17) is 10.5 Å². The molecule has 1 unspecified atom stereocenters. The van der Waals surface area contributed by atoms with Gasteiger partial charge >= 0.3 is 0 Å². The monoisotopic (exact) mass is 361 g/mol. The molecule has 26 heavy (non-hydrogen) atoms. The van der Waals surface area contributed by atoms with Gasteiger partial charge in [0.1, 0.15) is 16.9 Å². The molecule has 2 heterocycles. The molecule has 0 aliphatic carbocycles. The van der Waals surface area contributed by atoms with Crippen LogP contribution in [-0.2, 0) is 6.42 Å². The standard InChI is InChI=1S/C21H19N3OS/c1-14(22)11-15-7-9-17(10-8-15)25-20-18-12-19(16-5-3-2-4-6-16)26-21(18)24-13-23-20/h2-10,12-14H,11,22H2,1H3. The number of aromatic nitrogens is 2. The van der Waals surface area contributed by atoms with Crippen LogP contribution in [-0.4, -0.2) is 16.0 Å². The fraction of sp³-hybridized carbons (Fsp3) is 0.143. The maximum absolute atomic E-state index is 6.03. The summed E-state index contributed by atoms with van der Waals surface area (Å²) in [5.74, 6) is 1.33. The highest BCUT2D eigenvalue weighted by Gasteiger charge is 2.12. The quantitative estimate of drug-likeness (QED) is 0.541. The van der Waals surface area contributed by atoms with Crippen LogP contribution < -0.4 is 10.5 Å². The molecule has 0 spiro atoms. The minimum atomic E-state index is 0.144. The van der Waals surface area contributed by atoms with E-state index in [1.165, 1.54) is 11.1 Å². The average molecular weight is 361 g/mol. The van der Waals surface area contributed by atoms with E-state index in [1.54, 1.807) is 17.7 Å². The molecule has 4 nitrogen and oxygen atoms in total. The van der Waals surface area contributed by atoms with Gasteiger partial charge in [0.2, 0.25) is 5.88 Å². The third kappa shape index (κ3) is 3.59. The molecule has 1 atom stereocenters. The second kappa shape index (κ2) is 7.23. The Hall–Kier alpha value is -2.76. The van der Waals surface area contributed by atoms with Crippen LogP contribution in [0.2, 0.25) is 0 Å². The average Bonchev–Trinajstić information content (AvgIpc) is 3.09. The van der Waals surface area contributed by atoms with Gasteiger partial charge in [-0.25, -0.2) is 9.97 Å². The molecule has 5 heteroatoms. The SMILES string of the molecule is CC(N)Cc1ccc(Oc2ncnc3sc(-c4ccccc4)cc23)cc1. The van der Waals surface area contributed by atoms with Crippen molar-refractivity contribution in [3.05, 3.63) is 72.6 Å². The fourth-order valence-corrected chi connectivity index (χ4v) is 3.83. The van der Waals surface area contributed by atoms with Crippen molar-refractivity contribution in [1.29, 1.82) is 0 Å². The highest BCUT2D eigenvalue weighted by atomic mass is 32.1. The van der Waals surface area contributed by atoms with Crippen LogP contribution >= 0.6 is 11.3 Å². The second-order valence-electron chi connectivity index (χ2n) is 6.30. The van der Waals surface area contributed by atoms with Crippen molar-refractivity contribution in [3.63, 3.8) is 0 Å². The minimum Gasteiger partial charge on any atom is -0.438 e. The molecule has 130 valence electrons. The lowest BCUT2D eigenvalue weighted by Gasteiger charge is -2.08. The van der Waals surface area contributed by atoms with E-state index in [2.05, 4.69) is 28.2 Å². The molecule has 0 radical (unpaired) electrons. The molecule has 0 amide bonds. The van der Waals surface area contributed by atoms with Gasteiger partial charge in [-0.05, 0) is 42.7 Å². The lowest BCUT2D eigenvalue weighted by atomic mass is 10.1. The van der Waals surface area contributed by atoms with Crippen molar-refractivity contribution >= 4 is 21.6 Å². The van der Waals surface area contributed by atoms with Gasteiger partial charge in [0.15, 0.2) is 0 Å².